The Balaban J connectivity index is 1.97. The fourth-order valence-electron chi connectivity index (χ4n) is 2.44. The number of hydrogen-bond acceptors (Lipinski definition) is 4. The summed E-state index contributed by atoms with van der Waals surface area (Å²) in [7, 11) is 1.57. The average molecular weight is 342 g/mol. The molecule has 0 unspecified atom stereocenters. The number of likely N-dealkylation sites (N-methyl/N-ethyl adjacent to an activating group) is 1. The molecule has 2 aromatic carbocycles. The third kappa shape index (κ3) is 5.61. The van der Waals surface area contributed by atoms with Crippen molar-refractivity contribution < 1.29 is 19.4 Å². The summed E-state index contributed by atoms with van der Waals surface area (Å²) in [6.45, 7) is 3.34. The molecule has 2 aromatic rings. The number of carbonyl (C=O) groups excluding carboxylic acids is 1. The van der Waals surface area contributed by atoms with Crippen LogP contribution in [0.1, 0.15) is 22.8 Å². The van der Waals surface area contributed by atoms with Crippen LogP contribution in [0.5, 0.6) is 5.75 Å². The number of carbonyl (C=O) groups is 2. The van der Waals surface area contributed by atoms with Crippen molar-refractivity contribution in [1.29, 1.82) is 0 Å². The van der Waals surface area contributed by atoms with Gasteiger partial charge in [-0.2, -0.15) is 0 Å². The number of aromatic carboxylic acids is 1. The molecule has 0 heterocycles. The van der Waals surface area contributed by atoms with Crippen molar-refractivity contribution in [3.05, 3.63) is 59.7 Å². The van der Waals surface area contributed by atoms with Gasteiger partial charge in [0.2, 0.25) is 5.91 Å². The van der Waals surface area contributed by atoms with Crippen molar-refractivity contribution >= 4 is 17.6 Å². The van der Waals surface area contributed by atoms with E-state index in [1.54, 1.807) is 37.4 Å². The number of anilines is 1. The molecule has 0 aliphatic carbocycles. The first-order chi connectivity index (χ1) is 12.0. The molecule has 0 saturated carbocycles. The monoisotopic (exact) mass is 342 g/mol. The highest BCUT2D eigenvalue weighted by molar-refractivity contribution is 5.92. The van der Waals surface area contributed by atoms with Gasteiger partial charge in [0.25, 0.3) is 0 Å². The number of carboxylic acid groups (broad SMARTS) is 1. The lowest BCUT2D eigenvalue weighted by atomic mass is 10.1. The zero-order valence-corrected chi connectivity index (χ0v) is 14.4. The van der Waals surface area contributed by atoms with E-state index in [2.05, 4.69) is 5.32 Å². The molecule has 0 aliphatic rings. The van der Waals surface area contributed by atoms with E-state index < -0.39 is 5.97 Å². The first-order valence-corrected chi connectivity index (χ1v) is 8.00. The molecule has 0 aliphatic heterocycles. The molecule has 0 fully saturated rings. The largest absolute Gasteiger partial charge is 0.497 e. The van der Waals surface area contributed by atoms with Crippen LogP contribution in [0.3, 0.4) is 0 Å². The number of nitrogens with one attached hydrogen (secondary N) is 1. The van der Waals surface area contributed by atoms with E-state index in [-0.39, 0.29) is 18.0 Å². The van der Waals surface area contributed by atoms with Gasteiger partial charge in [0.15, 0.2) is 0 Å². The maximum Gasteiger partial charge on any atom is 0.335 e. The van der Waals surface area contributed by atoms with Gasteiger partial charge >= 0.3 is 5.97 Å². The van der Waals surface area contributed by atoms with Crippen LogP contribution in [0.15, 0.2) is 48.5 Å². The summed E-state index contributed by atoms with van der Waals surface area (Å²) >= 11 is 0. The van der Waals surface area contributed by atoms with E-state index in [4.69, 9.17) is 9.84 Å². The number of ether oxygens (including phenoxy) is 1. The fourth-order valence-corrected chi connectivity index (χ4v) is 2.44. The van der Waals surface area contributed by atoms with Crippen LogP contribution in [0, 0.1) is 0 Å². The predicted molar refractivity (Wildman–Crippen MR) is 96.0 cm³/mol. The maximum atomic E-state index is 12.3. The number of nitrogens with zero attached hydrogens (tertiary/aromatic N) is 1. The van der Waals surface area contributed by atoms with Crippen LogP contribution < -0.4 is 10.1 Å². The normalized spacial score (nSPS) is 10.5. The Hall–Kier alpha value is -2.86. The Labute approximate surface area is 147 Å². The number of carboxylic acids is 1. The van der Waals surface area contributed by atoms with Crippen LogP contribution >= 0.6 is 0 Å². The molecule has 6 nitrogen and oxygen atoms in total. The fraction of sp³-hybridized carbons (Fsp3) is 0.263. The van der Waals surface area contributed by atoms with Crippen LogP contribution in [0.4, 0.5) is 5.69 Å². The van der Waals surface area contributed by atoms with E-state index in [9.17, 15) is 9.59 Å². The lowest BCUT2D eigenvalue weighted by Crippen LogP contribution is -2.32. The van der Waals surface area contributed by atoms with E-state index in [1.165, 1.54) is 0 Å². The average Bonchev–Trinajstić information content (AvgIpc) is 2.61. The summed E-state index contributed by atoms with van der Waals surface area (Å²) in [5.41, 5.74) is 1.78. The third-order valence-electron chi connectivity index (χ3n) is 3.75. The van der Waals surface area contributed by atoms with Crippen molar-refractivity contribution in [2.45, 2.75) is 13.5 Å². The Morgan fingerprint density at radius 3 is 2.60 bits per heavy atom. The van der Waals surface area contributed by atoms with Gasteiger partial charge in [0, 0.05) is 18.3 Å². The highest BCUT2D eigenvalue weighted by Gasteiger charge is 2.11. The molecule has 0 spiro atoms. The summed E-state index contributed by atoms with van der Waals surface area (Å²) in [6, 6.07) is 13.9. The number of hydrogen-bond donors (Lipinski definition) is 2. The smallest absolute Gasteiger partial charge is 0.335 e. The molecule has 6 heteroatoms. The second-order valence-corrected chi connectivity index (χ2v) is 5.59. The zero-order valence-electron chi connectivity index (χ0n) is 14.4. The maximum absolute atomic E-state index is 12.3. The van der Waals surface area contributed by atoms with Crippen LogP contribution in [0.2, 0.25) is 0 Å². The van der Waals surface area contributed by atoms with Crippen molar-refractivity contribution in [2.24, 2.45) is 0 Å². The molecule has 2 rings (SSSR count). The standard InChI is InChI=1S/C19H22N2O4/c1-3-21(12-14-6-4-7-15(10-14)19(23)24)13-18(22)20-16-8-5-9-17(11-16)25-2/h4-11H,3,12-13H2,1-2H3,(H,20,22)(H,23,24). The minimum atomic E-state index is -0.958. The second-order valence-electron chi connectivity index (χ2n) is 5.59. The molecular formula is C19H22N2O4. The van der Waals surface area contributed by atoms with Gasteiger partial charge in [-0.05, 0) is 36.4 Å². The molecule has 25 heavy (non-hydrogen) atoms. The quantitative estimate of drug-likeness (QED) is 0.771. The van der Waals surface area contributed by atoms with E-state index >= 15 is 0 Å². The van der Waals surface area contributed by atoms with Gasteiger partial charge < -0.3 is 15.2 Å². The summed E-state index contributed by atoms with van der Waals surface area (Å²) in [4.78, 5) is 25.3. The van der Waals surface area contributed by atoms with E-state index in [1.807, 2.05) is 30.0 Å². The van der Waals surface area contributed by atoms with E-state index in [0.717, 1.165) is 5.56 Å². The minimum Gasteiger partial charge on any atom is -0.497 e. The predicted octanol–water partition coefficient (Wildman–Crippen LogP) is 2.85. The van der Waals surface area contributed by atoms with Gasteiger partial charge in [0.1, 0.15) is 5.75 Å². The van der Waals surface area contributed by atoms with Gasteiger partial charge in [-0.1, -0.05) is 25.1 Å². The van der Waals surface area contributed by atoms with Gasteiger partial charge in [-0.15, -0.1) is 0 Å². The minimum absolute atomic E-state index is 0.135. The molecule has 0 saturated heterocycles. The highest BCUT2D eigenvalue weighted by Crippen LogP contribution is 2.16. The lowest BCUT2D eigenvalue weighted by molar-refractivity contribution is -0.117. The molecule has 0 radical (unpaired) electrons. The molecule has 132 valence electrons. The summed E-state index contributed by atoms with van der Waals surface area (Å²) in [5.74, 6) is -0.416. The SMILES string of the molecule is CCN(CC(=O)Nc1cccc(OC)c1)Cc1cccc(C(=O)O)c1. The Kier molecular flexibility index (Phi) is 6.54. The Morgan fingerprint density at radius 1 is 1.16 bits per heavy atom. The lowest BCUT2D eigenvalue weighted by Gasteiger charge is -2.20. The first-order valence-electron chi connectivity index (χ1n) is 8.00. The van der Waals surface area contributed by atoms with Gasteiger partial charge in [-0.3, -0.25) is 9.69 Å². The highest BCUT2D eigenvalue weighted by atomic mass is 16.5. The van der Waals surface area contributed by atoms with Crippen molar-refractivity contribution in [2.75, 3.05) is 25.5 Å². The van der Waals surface area contributed by atoms with Gasteiger partial charge in [-0.25, -0.2) is 4.79 Å². The summed E-state index contributed by atoms with van der Waals surface area (Å²) < 4.78 is 5.14. The number of rotatable bonds is 8. The molecular weight excluding hydrogens is 320 g/mol. The first kappa shape index (κ1) is 18.5. The number of methoxy groups -OCH3 is 1. The number of benzene rings is 2. The van der Waals surface area contributed by atoms with Crippen LogP contribution in [-0.2, 0) is 11.3 Å². The van der Waals surface area contributed by atoms with Crippen molar-refractivity contribution in [3.8, 4) is 5.75 Å². The molecule has 1 amide bonds. The third-order valence-corrected chi connectivity index (χ3v) is 3.75. The summed E-state index contributed by atoms with van der Waals surface area (Å²) in [6.07, 6.45) is 0. The topological polar surface area (TPSA) is 78.9 Å². The molecule has 0 aromatic heterocycles. The molecule has 2 N–H and O–H groups in total. The van der Waals surface area contributed by atoms with E-state index in [0.29, 0.717) is 24.5 Å². The summed E-state index contributed by atoms with van der Waals surface area (Å²) in [5, 5.41) is 11.9. The Morgan fingerprint density at radius 2 is 1.92 bits per heavy atom. The van der Waals surface area contributed by atoms with Crippen molar-refractivity contribution in [3.63, 3.8) is 0 Å². The van der Waals surface area contributed by atoms with Crippen LogP contribution in [-0.4, -0.2) is 42.1 Å². The van der Waals surface area contributed by atoms with Crippen molar-refractivity contribution in [1.82, 2.24) is 4.90 Å². The molecule has 0 atom stereocenters. The Bertz CT molecular complexity index is 746. The van der Waals surface area contributed by atoms with Crippen LogP contribution in [0.25, 0.3) is 0 Å². The zero-order chi connectivity index (χ0) is 18.2. The van der Waals surface area contributed by atoms with Gasteiger partial charge in [0.05, 0.1) is 19.2 Å². The number of amides is 1. The molecule has 0 bridgehead atoms. The second kappa shape index (κ2) is 8.84.